The lowest BCUT2D eigenvalue weighted by atomic mass is 10.0. The van der Waals surface area contributed by atoms with Gasteiger partial charge in [0.15, 0.2) is 5.43 Å². The van der Waals surface area contributed by atoms with Crippen molar-refractivity contribution in [2.24, 2.45) is 0 Å². The molecule has 0 fully saturated rings. The van der Waals surface area contributed by atoms with Gasteiger partial charge in [0.2, 0.25) is 5.91 Å². The highest BCUT2D eigenvalue weighted by Gasteiger charge is 2.10. The largest absolute Gasteiger partial charge is 0.357 e. The van der Waals surface area contributed by atoms with Crippen molar-refractivity contribution in [3.8, 4) is 0 Å². The zero-order chi connectivity index (χ0) is 19.6. The molecule has 3 aromatic rings. The third-order valence-corrected chi connectivity index (χ3v) is 5.88. The molecule has 140 valence electrons. The molecule has 0 aliphatic rings. The van der Waals surface area contributed by atoms with Crippen molar-refractivity contribution in [3.63, 3.8) is 0 Å². The molecule has 27 heavy (non-hydrogen) atoms. The standard InChI is InChI=1S/C21H21ClN2O2S/c1-12-7-8-13(2)21-20(12)18(25)9-15(23-21)10-27-11-19(26)24-17-6-4-5-16(22)14(17)3/h4-9H,10-11H2,1-3H3,(H,23,25)(H,24,26). The Kier molecular flexibility index (Phi) is 5.92. The van der Waals surface area contributed by atoms with Crippen molar-refractivity contribution < 1.29 is 4.79 Å². The Labute approximate surface area is 167 Å². The summed E-state index contributed by atoms with van der Waals surface area (Å²) in [5, 5.41) is 4.24. The fraction of sp³-hybridized carbons (Fsp3) is 0.238. The summed E-state index contributed by atoms with van der Waals surface area (Å²) in [5.74, 6) is 0.750. The summed E-state index contributed by atoms with van der Waals surface area (Å²) in [7, 11) is 0. The highest BCUT2D eigenvalue weighted by Crippen LogP contribution is 2.23. The molecule has 0 saturated carbocycles. The van der Waals surface area contributed by atoms with E-state index in [2.05, 4.69) is 10.3 Å². The van der Waals surface area contributed by atoms with E-state index in [1.165, 1.54) is 11.8 Å². The van der Waals surface area contributed by atoms with E-state index in [1.807, 2.05) is 45.0 Å². The molecule has 0 radical (unpaired) electrons. The lowest BCUT2D eigenvalue weighted by molar-refractivity contribution is -0.113. The summed E-state index contributed by atoms with van der Waals surface area (Å²) in [4.78, 5) is 28.0. The zero-order valence-electron chi connectivity index (χ0n) is 15.5. The number of hydrogen-bond donors (Lipinski definition) is 2. The summed E-state index contributed by atoms with van der Waals surface area (Å²) >= 11 is 7.53. The second-order valence-electron chi connectivity index (χ2n) is 6.56. The topological polar surface area (TPSA) is 62.0 Å². The van der Waals surface area contributed by atoms with E-state index in [0.29, 0.717) is 16.5 Å². The lowest BCUT2D eigenvalue weighted by Crippen LogP contribution is -2.15. The molecule has 2 aromatic carbocycles. The zero-order valence-corrected chi connectivity index (χ0v) is 17.1. The number of nitrogens with one attached hydrogen (secondary N) is 2. The van der Waals surface area contributed by atoms with Crippen molar-refractivity contribution >= 4 is 45.9 Å². The number of hydrogen-bond acceptors (Lipinski definition) is 3. The number of benzene rings is 2. The van der Waals surface area contributed by atoms with Crippen LogP contribution in [0.1, 0.15) is 22.4 Å². The molecule has 4 nitrogen and oxygen atoms in total. The molecule has 2 N–H and O–H groups in total. The number of aromatic amines is 1. The number of thioether (sulfide) groups is 1. The fourth-order valence-electron chi connectivity index (χ4n) is 2.98. The number of carbonyl (C=O) groups is 1. The van der Waals surface area contributed by atoms with Gasteiger partial charge in [-0.3, -0.25) is 9.59 Å². The van der Waals surface area contributed by atoms with Gasteiger partial charge in [-0.05, 0) is 49.6 Å². The molecule has 0 bridgehead atoms. The number of carbonyl (C=O) groups excluding carboxylic acids is 1. The Hall–Kier alpha value is -2.24. The van der Waals surface area contributed by atoms with Gasteiger partial charge in [0.05, 0.1) is 11.3 Å². The average Bonchev–Trinajstić information content (AvgIpc) is 2.62. The maximum absolute atomic E-state index is 12.5. The molecule has 6 heteroatoms. The van der Waals surface area contributed by atoms with Crippen LogP contribution >= 0.6 is 23.4 Å². The van der Waals surface area contributed by atoms with Crippen molar-refractivity contribution in [1.82, 2.24) is 4.98 Å². The third-order valence-electron chi connectivity index (χ3n) is 4.49. The highest BCUT2D eigenvalue weighted by molar-refractivity contribution is 7.99. The first-order valence-electron chi connectivity index (χ1n) is 8.61. The smallest absolute Gasteiger partial charge is 0.234 e. The molecule has 1 heterocycles. The Morgan fingerprint density at radius 2 is 1.89 bits per heavy atom. The van der Waals surface area contributed by atoms with E-state index in [1.54, 1.807) is 12.1 Å². The number of pyridine rings is 1. The number of amides is 1. The van der Waals surface area contributed by atoms with Gasteiger partial charge in [0.25, 0.3) is 0 Å². The normalized spacial score (nSPS) is 11.0. The second-order valence-corrected chi connectivity index (χ2v) is 7.95. The summed E-state index contributed by atoms with van der Waals surface area (Å²) in [6, 6.07) is 11.0. The summed E-state index contributed by atoms with van der Waals surface area (Å²) in [6.45, 7) is 5.79. The molecule has 0 saturated heterocycles. The lowest BCUT2D eigenvalue weighted by Gasteiger charge is -2.10. The number of aryl methyl sites for hydroxylation is 2. The number of halogens is 1. The first kappa shape index (κ1) is 19.5. The average molecular weight is 401 g/mol. The van der Waals surface area contributed by atoms with E-state index in [-0.39, 0.29) is 11.3 Å². The quantitative estimate of drug-likeness (QED) is 0.635. The predicted octanol–water partition coefficient (Wildman–Crippen LogP) is 4.98. The van der Waals surface area contributed by atoms with Gasteiger partial charge in [0, 0.05) is 33.6 Å². The molecule has 3 rings (SSSR count). The summed E-state index contributed by atoms with van der Waals surface area (Å²) < 4.78 is 0. The second kappa shape index (κ2) is 8.19. The van der Waals surface area contributed by atoms with Crippen LogP contribution in [0, 0.1) is 20.8 Å². The van der Waals surface area contributed by atoms with Crippen molar-refractivity contribution in [1.29, 1.82) is 0 Å². The van der Waals surface area contributed by atoms with Crippen molar-refractivity contribution in [2.75, 3.05) is 11.1 Å². The van der Waals surface area contributed by atoms with E-state index in [4.69, 9.17) is 11.6 Å². The summed E-state index contributed by atoms with van der Waals surface area (Å²) in [6.07, 6.45) is 0. The van der Waals surface area contributed by atoms with Crippen LogP contribution in [-0.2, 0) is 10.5 Å². The molecule has 1 aromatic heterocycles. The van der Waals surface area contributed by atoms with E-state index in [0.717, 1.165) is 39.0 Å². The van der Waals surface area contributed by atoms with Crippen LogP contribution in [0.15, 0.2) is 41.2 Å². The molecule has 0 unspecified atom stereocenters. The third kappa shape index (κ3) is 4.37. The SMILES string of the molecule is Cc1c(Cl)cccc1NC(=O)CSCc1cc(=O)c2c(C)ccc(C)c2[nH]1. The minimum absolute atomic E-state index is 0.0135. The van der Waals surface area contributed by atoms with Gasteiger partial charge in [-0.15, -0.1) is 11.8 Å². The van der Waals surface area contributed by atoms with E-state index < -0.39 is 0 Å². The van der Waals surface area contributed by atoms with Crippen LogP contribution < -0.4 is 10.7 Å². The van der Waals surface area contributed by atoms with E-state index >= 15 is 0 Å². The Morgan fingerprint density at radius 3 is 2.67 bits per heavy atom. The van der Waals surface area contributed by atoms with Crippen LogP contribution in [-0.4, -0.2) is 16.6 Å². The van der Waals surface area contributed by atoms with Gasteiger partial charge < -0.3 is 10.3 Å². The summed E-state index contributed by atoms with van der Waals surface area (Å²) in [5.41, 5.74) is 5.27. The maximum atomic E-state index is 12.5. The predicted molar refractivity (Wildman–Crippen MR) is 115 cm³/mol. The van der Waals surface area contributed by atoms with Gasteiger partial charge in [0.1, 0.15) is 0 Å². The number of anilines is 1. The number of rotatable bonds is 5. The van der Waals surface area contributed by atoms with Crippen molar-refractivity contribution in [3.05, 3.63) is 74.0 Å². The van der Waals surface area contributed by atoms with Gasteiger partial charge >= 0.3 is 0 Å². The molecular weight excluding hydrogens is 380 g/mol. The minimum Gasteiger partial charge on any atom is -0.357 e. The Bertz CT molecular complexity index is 1080. The molecule has 1 amide bonds. The maximum Gasteiger partial charge on any atom is 0.234 e. The van der Waals surface area contributed by atoms with Gasteiger partial charge in [-0.1, -0.05) is 29.8 Å². The fourth-order valence-corrected chi connectivity index (χ4v) is 3.89. The first-order chi connectivity index (χ1) is 12.9. The van der Waals surface area contributed by atoms with Crippen LogP contribution in [0.5, 0.6) is 0 Å². The van der Waals surface area contributed by atoms with Crippen LogP contribution in [0.3, 0.4) is 0 Å². The van der Waals surface area contributed by atoms with E-state index in [9.17, 15) is 9.59 Å². The van der Waals surface area contributed by atoms with Crippen LogP contribution in [0.2, 0.25) is 5.02 Å². The molecule has 0 aliphatic heterocycles. The molecule has 0 spiro atoms. The van der Waals surface area contributed by atoms with Crippen molar-refractivity contribution in [2.45, 2.75) is 26.5 Å². The molecule has 0 aliphatic carbocycles. The number of fused-ring (bicyclic) bond motifs is 1. The van der Waals surface area contributed by atoms with Crippen LogP contribution in [0.4, 0.5) is 5.69 Å². The number of aromatic nitrogens is 1. The monoisotopic (exact) mass is 400 g/mol. The van der Waals surface area contributed by atoms with Gasteiger partial charge in [-0.2, -0.15) is 0 Å². The minimum atomic E-state index is -0.0967. The van der Waals surface area contributed by atoms with Gasteiger partial charge in [-0.25, -0.2) is 0 Å². The highest BCUT2D eigenvalue weighted by atomic mass is 35.5. The first-order valence-corrected chi connectivity index (χ1v) is 10.1. The number of H-pyrrole nitrogens is 1. The molecular formula is C21H21ClN2O2S. The molecule has 0 atom stereocenters. The van der Waals surface area contributed by atoms with Crippen LogP contribution in [0.25, 0.3) is 10.9 Å². The Morgan fingerprint density at radius 1 is 1.15 bits per heavy atom. The Balaban J connectivity index is 1.67.